The fourth-order valence-electron chi connectivity index (χ4n) is 3.75. The molecule has 0 spiro atoms. The Morgan fingerprint density at radius 2 is 1.74 bits per heavy atom. The molecule has 2 aromatic heterocycles. The molecular formula is C21H24N4OS. The lowest BCUT2D eigenvalue weighted by molar-refractivity contribution is 0.0751. The van der Waals surface area contributed by atoms with Gasteiger partial charge in [-0.15, -0.1) is 11.3 Å². The monoisotopic (exact) mass is 380 g/mol. The first kappa shape index (κ1) is 17.8. The first-order chi connectivity index (χ1) is 13.0. The number of rotatable bonds is 3. The Morgan fingerprint density at radius 3 is 2.37 bits per heavy atom. The average molecular weight is 381 g/mol. The lowest BCUT2D eigenvalue weighted by atomic mass is 10.2. The van der Waals surface area contributed by atoms with Crippen LogP contribution in [0.4, 0.5) is 5.69 Å². The summed E-state index contributed by atoms with van der Waals surface area (Å²) in [5.41, 5.74) is 5.60. The summed E-state index contributed by atoms with van der Waals surface area (Å²) in [6.07, 6.45) is 0. The van der Waals surface area contributed by atoms with Crippen LogP contribution in [0.5, 0.6) is 0 Å². The second-order valence-corrected chi connectivity index (χ2v) is 7.95. The van der Waals surface area contributed by atoms with Gasteiger partial charge in [0.2, 0.25) is 0 Å². The number of para-hydroxylation sites is 1. The molecule has 0 unspecified atom stereocenters. The number of aryl methyl sites for hydroxylation is 2. The Labute approximate surface area is 163 Å². The van der Waals surface area contributed by atoms with E-state index in [0.717, 1.165) is 53.7 Å². The van der Waals surface area contributed by atoms with E-state index in [0.29, 0.717) is 0 Å². The third kappa shape index (κ3) is 3.37. The van der Waals surface area contributed by atoms with Crippen LogP contribution >= 0.6 is 11.3 Å². The number of anilines is 1. The number of benzene rings is 1. The van der Waals surface area contributed by atoms with Crippen molar-refractivity contribution in [2.24, 2.45) is 0 Å². The number of carbonyl (C=O) groups excluding carboxylic acids is 1. The van der Waals surface area contributed by atoms with E-state index in [9.17, 15) is 4.79 Å². The van der Waals surface area contributed by atoms with Gasteiger partial charge in [-0.1, -0.05) is 18.2 Å². The van der Waals surface area contributed by atoms with Gasteiger partial charge in [0.1, 0.15) is 0 Å². The van der Waals surface area contributed by atoms with Gasteiger partial charge in [-0.2, -0.15) is 5.10 Å². The standard InChI is InChI=1S/C21H24N4OS/c1-15-13-19(27-14-15)21(26)24-11-9-23(10-12-24)20-16(2)22-25(17(20)3)18-7-5-4-6-8-18/h4-8,13-14H,9-12H2,1-3H3. The van der Waals surface area contributed by atoms with E-state index < -0.39 is 0 Å². The molecule has 5 nitrogen and oxygen atoms in total. The molecule has 0 N–H and O–H groups in total. The highest BCUT2D eigenvalue weighted by Gasteiger charge is 2.26. The summed E-state index contributed by atoms with van der Waals surface area (Å²) in [5, 5.41) is 6.79. The number of nitrogens with zero attached hydrogens (tertiary/aromatic N) is 4. The van der Waals surface area contributed by atoms with E-state index in [-0.39, 0.29) is 5.91 Å². The van der Waals surface area contributed by atoms with E-state index in [2.05, 4.69) is 30.9 Å². The molecule has 0 radical (unpaired) electrons. The largest absolute Gasteiger partial charge is 0.365 e. The molecule has 3 heterocycles. The maximum atomic E-state index is 12.7. The summed E-state index contributed by atoms with van der Waals surface area (Å²) in [6, 6.07) is 12.2. The van der Waals surface area contributed by atoms with Gasteiger partial charge in [0.25, 0.3) is 5.91 Å². The zero-order chi connectivity index (χ0) is 19.0. The summed E-state index contributed by atoms with van der Waals surface area (Å²) in [7, 11) is 0. The Bertz CT molecular complexity index is 952. The smallest absolute Gasteiger partial charge is 0.264 e. The lowest BCUT2D eigenvalue weighted by Gasteiger charge is -2.36. The lowest BCUT2D eigenvalue weighted by Crippen LogP contribution is -2.49. The van der Waals surface area contributed by atoms with Crippen molar-refractivity contribution in [2.75, 3.05) is 31.1 Å². The van der Waals surface area contributed by atoms with Gasteiger partial charge in [0, 0.05) is 26.2 Å². The second kappa shape index (κ2) is 7.19. The van der Waals surface area contributed by atoms with Crippen LogP contribution < -0.4 is 4.90 Å². The molecule has 4 rings (SSSR count). The third-order valence-corrected chi connectivity index (χ3v) is 6.11. The van der Waals surface area contributed by atoms with Crippen molar-refractivity contribution in [2.45, 2.75) is 20.8 Å². The number of aromatic nitrogens is 2. The van der Waals surface area contributed by atoms with Gasteiger partial charge in [0.15, 0.2) is 0 Å². The van der Waals surface area contributed by atoms with Crippen molar-refractivity contribution < 1.29 is 4.79 Å². The zero-order valence-corrected chi connectivity index (χ0v) is 16.8. The van der Waals surface area contributed by atoms with Crippen molar-refractivity contribution in [1.82, 2.24) is 14.7 Å². The molecule has 1 fully saturated rings. The quantitative estimate of drug-likeness (QED) is 0.694. The Kier molecular flexibility index (Phi) is 4.74. The van der Waals surface area contributed by atoms with Crippen molar-refractivity contribution in [3.05, 3.63) is 63.6 Å². The highest BCUT2D eigenvalue weighted by atomic mass is 32.1. The Morgan fingerprint density at radius 1 is 1.04 bits per heavy atom. The van der Waals surface area contributed by atoms with E-state index in [1.807, 2.05) is 46.2 Å². The number of thiophene rings is 1. The molecule has 1 saturated heterocycles. The Balaban J connectivity index is 1.50. The van der Waals surface area contributed by atoms with E-state index >= 15 is 0 Å². The van der Waals surface area contributed by atoms with Crippen molar-refractivity contribution >= 4 is 22.9 Å². The molecule has 27 heavy (non-hydrogen) atoms. The summed E-state index contributed by atoms with van der Waals surface area (Å²) in [5.74, 6) is 0.154. The maximum Gasteiger partial charge on any atom is 0.264 e. The molecule has 1 aliphatic rings. The van der Waals surface area contributed by atoms with Gasteiger partial charge in [0.05, 0.1) is 27.6 Å². The van der Waals surface area contributed by atoms with Gasteiger partial charge < -0.3 is 9.80 Å². The van der Waals surface area contributed by atoms with Crippen molar-refractivity contribution in [3.8, 4) is 5.69 Å². The summed E-state index contributed by atoms with van der Waals surface area (Å²) < 4.78 is 2.01. The molecule has 0 saturated carbocycles. The molecule has 1 aromatic carbocycles. The van der Waals surface area contributed by atoms with Crippen LogP contribution in [0.25, 0.3) is 5.69 Å². The predicted molar refractivity (Wildman–Crippen MR) is 110 cm³/mol. The number of hydrogen-bond donors (Lipinski definition) is 0. The number of hydrogen-bond acceptors (Lipinski definition) is 4. The molecule has 0 aliphatic carbocycles. The second-order valence-electron chi connectivity index (χ2n) is 7.03. The minimum absolute atomic E-state index is 0.154. The van der Waals surface area contributed by atoms with Crippen LogP contribution in [0.2, 0.25) is 0 Å². The van der Waals surface area contributed by atoms with Crippen LogP contribution in [0.1, 0.15) is 26.6 Å². The van der Waals surface area contributed by atoms with E-state index in [4.69, 9.17) is 5.10 Å². The molecule has 1 amide bonds. The van der Waals surface area contributed by atoms with Crippen LogP contribution in [0.3, 0.4) is 0 Å². The third-order valence-electron chi connectivity index (χ3n) is 5.08. The molecule has 6 heteroatoms. The zero-order valence-electron chi connectivity index (χ0n) is 16.0. The van der Waals surface area contributed by atoms with Gasteiger partial charge >= 0.3 is 0 Å². The van der Waals surface area contributed by atoms with Crippen LogP contribution in [0, 0.1) is 20.8 Å². The molecule has 1 aliphatic heterocycles. The number of amides is 1. The summed E-state index contributed by atoms with van der Waals surface area (Å²) >= 11 is 1.54. The molecule has 0 atom stereocenters. The minimum Gasteiger partial charge on any atom is -0.365 e. The average Bonchev–Trinajstić information content (AvgIpc) is 3.25. The number of piperazine rings is 1. The van der Waals surface area contributed by atoms with Crippen molar-refractivity contribution in [3.63, 3.8) is 0 Å². The molecule has 140 valence electrons. The predicted octanol–water partition coefficient (Wildman–Crippen LogP) is 3.82. The highest BCUT2D eigenvalue weighted by molar-refractivity contribution is 7.12. The summed E-state index contributed by atoms with van der Waals surface area (Å²) in [6.45, 7) is 9.36. The van der Waals surface area contributed by atoms with Crippen LogP contribution in [-0.2, 0) is 0 Å². The van der Waals surface area contributed by atoms with E-state index in [1.165, 1.54) is 17.0 Å². The first-order valence-electron chi connectivity index (χ1n) is 9.25. The fourth-order valence-corrected chi connectivity index (χ4v) is 4.61. The molecular weight excluding hydrogens is 356 g/mol. The first-order valence-corrected chi connectivity index (χ1v) is 10.1. The molecule has 3 aromatic rings. The van der Waals surface area contributed by atoms with Gasteiger partial charge in [-0.05, 0) is 49.9 Å². The van der Waals surface area contributed by atoms with Crippen molar-refractivity contribution in [1.29, 1.82) is 0 Å². The minimum atomic E-state index is 0.154. The fraction of sp³-hybridized carbons (Fsp3) is 0.333. The summed E-state index contributed by atoms with van der Waals surface area (Å²) in [4.78, 5) is 17.8. The van der Waals surface area contributed by atoms with Gasteiger partial charge in [-0.3, -0.25) is 4.79 Å². The molecule has 0 bridgehead atoms. The maximum absolute atomic E-state index is 12.7. The highest BCUT2D eigenvalue weighted by Crippen LogP contribution is 2.28. The normalized spacial score (nSPS) is 14.6. The van der Waals surface area contributed by atoms with Crippen LogP contribution in [0.15, 0.2) is 41.8 Å². The SMILES string of the molecule is Cc1csc(C(=O)N2CCN(c3c(C)nn(-c4ccccc4)c3C)CC2)c1. The van der Waals surface area contributed by atoms with E-state index in [1.54, 1.807) is 0 Å². The number of carbonyl (C=O) groups is 1. The Hall–Kier alpha value is -2.60. The van der Waals surface area contributed by atoms with Crippen LogP contribution in [-0.4, -0.2) is 46.8 Å². The van der Waals surface area contributed by atoms with Gasteiger partial charge in [-0.25, -0.2) is 4.68 Å². The topological polar surface area (TPSA) is 41.4 Å².